The Balaban J connectivity index is 0. The van der Waals surface area contributed by atoms with Crippen LogP contribution in [0.15, 0.2) is 0 Å². The molecule has 0 atom stereocenters. The molecular formula is C4H11N3O5S. The van der Waals surface area contributed by atoms with Gasteiger partial charge in [-0.1, -0.05) is 0 Å². The molecular weight excluding hydrogens is 202 g/mol. The summed E-state index contributed by atoms with van der Waals surface area (Å²) in [5, 5.41) is 0. The molecule has 13 heavy (non-hydrogen) atoms. The van der Waals surface area contributed by atoms with Crippen LogP contribution in [0.4, 0.5) is 0 Å². The quantitative estimate of drug-likeness (QED) is 0.493. The molecule has 0 unspecified atom stereocenters. The van der Waals surface area contributed by atoms with Crippen LogP contribution in [0.3, 0.4) is 0 Å². The van der Waals surface area contributed by atoms with Crippen LogP contribution in [-0.4, -0.2) is 20.2 Å². The normalized spacial score (nSPS) is 9.69. The van der Waals surface area contributed by atoms with Crippen LogP contribution in [0, 0.1) is 0 Å². The van der Waals surface area contributed by atoms with Crippen molar-refractivity contribution in [2.45, 2.75) is 13.8 Å². The molecule has 0 heterocycles. The first kappa shape index (κ1) is 14.3. The molecule has 2 amide bonds. The largest absolute Gasteiger partial charge is 0.383 e. The minimum Gasteiger partial charge on any atom is -0.344 e. The zero-order valence-electron chi connectivity index (χ0n) is 7.16. The maximum Gasteiger partial charge on any atom is 0.383 e. The predicted octanol–water partition coefficient (Wildman–Crippen LogP) is -1.40. The SMILES string of the molecule is CC(=O)NOS(=O)(=O)NC(C)=O.N. The van der Waals surface area contributed by atoms with Crippen molar-refractivity contribution < 1.29 is 22.3 Å². The third kappa shape index (κ3) is 8.72. The Kier molecular flexibility index (Phi) is 6.02. The van der Waals surface area contributed by atoms with Crippen LogP contribution in [0.2, 0.25) is 0 Å². The Labute approximate surface area is 75.4 Å². The highest BCUT2D eigenvalue weighted by Gasteiger charge is 2.12. The number of hydroxylamine groups is 1. The molecule has 0 aromatic rings. The van der Waals surface area contributed by atoms with Crippen molar-refractivity contribution in [2.75, 3.05) is 0 Å². The lowest BCUT2D eigenvalue weighted by Gasteiger charge is -2.03. The fourth-order valence-electron chi connectivity index (χ4n) is 0.310. The molecule has 0 aromatic heterocycles. The molecule has 0 radical (unpaired) electrons. The standard InChI is InChI=1S/C4H8N2O5S.H3N/c1-3(7)5-11-12(9,10)6-4(2)8;/h1-2H3,(H,5,7)(H,6,8);1H3. The van der Waals surface area contributed by atoms with Crippen molar-refractivity contribution >= 4 is 22.1 Å². The highest BCUT2D eigenvalue weighted by atomic mass is 32.2. The van der Waals surface area contributed by atoms with Gasteiger partial charge in [0.2, 0.25) is 11.8 Å². The smallest absolute Gasteiger partial charge is 0.344 e. The monoisotopic (exact) mass is 213 g/mol. The van der Waals surface area contributed by atoms with Crippen LogP contribution < -0.4 is 16.4 Å². The van der Waals surface area contributed by atoms with Crippen molar-refractivity contribution in [3.05, 3.63) is 0 Å². The summed E-state index contributed by atoms with van der Waals surface area (Å²) in [5.41, 5.74) is 1.55. The highest BCUT2D eigenvalue weighted by Crippen LogP contribution is 1.82. The molecule has 0 bridgehead atoms. The molecule has 0 aromatic carbocycles. The topological polar surface area (TPSA) is 137 Å². The van der Waals surface area contributed by atoms with Crippen molar-refractivity contribution in [2.24, 2.45) is 0 Å². The van der Waals surface area contributed by atoms with E-state index in [9.17, 15) is 18.0 Å². The van der Waals surface area contributed by atoms with Crippen molar-refractivity contribution in [3.8, 4) is 0 Å². The molecule has 0 saturated heterocycles. The summed E-state index contributed by atoms with van der Waals surface area (Å²) >= 11 is 0. The van der Waals surface area contributed by atoms with Gasteiger partial charge in [0.1, 0.15) is 0 Å². The van der Waals surface area contributed by atoms with Gasteiger partial charge in [-0.25, -0.2) is 10.2 Å². The second-order valence-electron chi connectivity index (χ2n) is 1.85. The van der Waals surface area contributed by atoms with Crippen LogP contribution in [0.1, 0.15) is 13.8 Å². The third-order valence-electron chi connectivity index (χ3n) is 0.564. The molecule has 9 heteroatoms. The van der Waals surface area contributed by atoms with E-state index in [2.05, 4.69) is 4.28 Å². The molecule has 0 saturated carbocycles. The van der Waals surface area contributed by atoms with E-state index in [0.29, 0.717) is 0 Å². The first-order valence-electron chi connectivity index (χ1n) is 2.82. The first-order valence-corrected chi connectivity index (χ1v) is 4.22. The van der Waals surface area contributed by atoms with E-state index in [4.69, 9.17) is 0 Å². The summed E-state index contributed by atoms with van der Waals surface area (Å²) in [5.74, 6) is -1.50. The van der Waals surface area contributed by atoms with E-state index >= 15 is 0 Å². The van der Waals surface area contributed by atoms with Gasteiger partial charge in [-0.2, -0.15) is 8.42 Å². The number of carbonyl (C=O) groups is 2. The Morgan fingerprint density at radius 3 is 1.92 bits per heavy atom. The first-order chi connectivity index (χ1) is 5.33. The molecule has 8 nitrogen and oxygen atoms in total. The van der Waals surface area contributed by atoms with E-state index in [1.54, 1.807) is 5.48 Å². The zero-order valence-corrected chi connectivity index (χ0v) is 7.97. The lowest BCUT2D eigenvalue weighted by atomic mass is 10.8. The van der Waals surface area contributed by atoms with Crippen LogP contribution >= 0.6 is 0 Å². The lowest BCUT2D eigenvalue weighted by molar-refractivity contribution is -0.125. The third-order valence-corrected chi connectivity index (χ3v) is 1.40. The predicted molar refractivity (Wildman–Crippen MR) is 42.7 cm³/mol. The number of amides is 2. The van der Waals surface area contributed by atoms with Crippen LogP contribution in [0.5, 0.6) is 0 Å². The van der Waals surface area contributed by atoms with E-state index in [1.807, 2.05) is 0 Å². The zero-order chi connectivity index (χ0) is 9.78. The molecule has 0 aliphatic heterocycles. The van der Waals surface area contributed by atoms with E-state index in [1.165, 1.54) is 4.72 Å². The van der Waals surface area contributed by atoms with Gasteiger partial charge in [0.25, 0.3) is 0 Å². The number of nitrogens with one attached hydrogen (secondary N) is 2. The average molecular weight is 213 g/mol. The van der Waals surface area contributed by atoms with Crippen molar-refractivity contribution in [3.63, 3.8) is 0 Å². The number of carbonyl (C=O) groups excluding carboxylic acids is 2. The summed E-state index contributed by atoms with van der Waals surface area (Å²) in [7, 11) is -4.21. The molecule has 0 fully saturated rings. The number of hydrogen-bond donors (Lipinski definition) is 3. The van der Waals surface area contributed by atoms with E-state index in [0.717, 1.165) is 13.8 Å². The van der Waals surface area contributed by atoms with Crippen molar-refractivity contribution in [1.29, 1.82) is 0 Å². The van der Waals surface area contributed by atoms with Gasteiger partial charge >= 0.3 is 10.3 Å². The Morgan fingerprint density at radius 2 is 1.62 bits per heavy atom. The van der Waals surface area contributed by atoms with E-state index in [-0.39, 0.29) is 6.15 Å². The second kappa shape index (κ2) is 5.45. The Bertz CT molecular complexity index is 284. The summed E-state index contributed by atoms with van der Waals surface area (Å²) < 4.78 is 26.5. The van der Waals surface area contributed by atoms with E-state index < -0.39 is 22.1 Å². The highest BCUT2D eigenvalue weighted by molar-refractivity contribution is 7.85. The summed E-state index contributed by atoms with van der Waals surface area (Å²) in [6, 6.07) is 0. The summed E-state index contributed by atoms with van der Waals surface area (Å²) in [6.45, 7) is 2.05. The Morgan fingerprint density at radius 1 is 1.15 bits per heavy atom. The van der Waals surface area contributed by atoms with Crippen LogP contribution in [0.25, 0.3) is 0 Å². The van der Waals surface area contributed by atoms with Crippen molar-refractivity contribution in [1.82, 2.24) is 16.4 Å². The average Bonchev–Trinajstić information content (AvgIpc) is 1.81. The fraction of sp³-hybridized carbons (Fsp3) is 0.500. The van der Waals surface area contributed by atoms with Gasteiger partial charge < -0.3 is 6.15 Å². The van der Waals surface area contributed by atoms with Gasteiger partial charge in [-0.15, -0.1) is 4.28 Å². The molecule has 5 N–H and O–H groups in total. The Hall–Kier alpha value is -1.19. The molecule has 0 rings (SSSR count). The van der Waals surface area contributed by atoms with Crippen LogP contribution in [-0.2, 0) is 24.2 Å². The number of rotatable bonds is 3. The van der Waals surface area contributed by atoms with Gasteiger partial charge in [-0.05, 0) is 0 Å². The minimum absolute atomic E-state index is 0. The minimum atomic E-state index is -4.21. The lowest BCUT2D eigenvalue weighted by Crippen LogP contribution is -2.35. The second-order valence-corrected chi connectivity index (χ2v) is 3.13. The van der Waals surface area contributed by atoms with Gasteiger partial charge in [-0.3, -0.25) is 9.59 Å². The van der Waals surface area contributed by atoms with Gasteiger partial charge in [0.05, 0.1) is 0 Å². The molecule has 0 aliphatic rings. The van der Waals surface area contributed by atoms with Gasteiger partial charge in [0.15, 0.2) is 0 Å². The maximum atomic E-state index is 10.6. The summed E-state index contributed by atoms with van der Waals surface area (Å²) in [6.07, 6.45) is 0. The van der Waals surface area contributed by atoms with Gasteiger partial charge in [0, 0.05) is 13.8 Å². The molecule has 78 valence electrons. The molecule has 0 aliphatic carbocycles. The maximum absolute atomic E-state index is 10.6. The fourth-order valence-corrected chi connectivity index (χ4v) is 0.931. The number of hydrogen-bond acceptors (Lipinski definition) is 6. The summed E-state index contributed by atoms with van der Waals surface area (Å²) in [4.78, 5) is 20.4. The molecule has 0 spiro atoms.